The van der Waals surface area contributed by atoms with E-state index in [1.54, 1.807) is 0 Å². The Balaban J connectivity index is 2.05. The van der Waals surface area contributed by atoms with Crippen LogP contribution >= 0.6 is 0 Å². The van der Waals surface area contributed by atoms with E-state index >= 15 is 0 Å². The number of allylic oxidation sites excluding steroid dienone is 3. The number of rotatable bonds is 9. The number of benzene rings is 1. The largest absolute Gasteiger partial charge is 0.494 e. The molecule has 0 spiro atoms. The number of carboxylic acid groups (broad SMARTS) is 1. The maximum atomic E-state index is 14.0. The zero-order chi connectivity index (χ0) is 27.8. The molecule has 37 heavy (non-hydrogen) atoms. The third-order valence-electron chi connectivity index (χ3n) is 8.49. The van der Waals surface area contributed by atoms with Gasteiger partial charge in [0.15, 0.2) is 0 Å². The first-order chi connectivity index (χ1) is 17.0. The number of hydrogen-bond donors (Lipinski definition) is 2. The lowest BCUT2D eigenvalue weighted by atomic mass is 9.62. The first-order valence-corrected chi connectivity index (χ1v) is 16.5. The molecule has 0 amide bonds. The summed E-state index contributed by atoms with van der Waals surface area (Å²) in [5, 5.41) is 9.67. The summed E-state index contributed by atoms with van der Waals surface area (Å²) in [6.07, 6.45) is 5.82. The van der Waals surface area contributed by atoms with Gasteiger partial charge in [-0.15, -0.1) is 0 Å². The van der Waals surface area contributed by atoms with Crippen molar-refractivity contribution in [3.8, 4) is 0 Å². The van der Waals surface area contributed by atoms with Gasteiger partial charge < -0.3 is 24.9 Å². The van der Waals surface area contributed by atoms with Crippen LogP contribution in [-0.2, 0) is 30.2 Å². The van der Waals surface area contributed by atoms with Crippen LogP contribution in [0.15, 0.2) is 54.0 Å². The first-order valence-electron chi connectivity index (χ1n) is 13.0. The van der Waals surface area contributed by atoms with Gasteiger partial charge in [0, 0.05) is 8.07 Å². The van der Waals surface area contributed by atoms with Crippen LogP contribution in [0, 0.1) is 11.3 Å². The predicted molar refractivity (Wildman–Crippen MR) is 148 cm³/mol. The molecule has 1 heterocycles. The molecule has 3 unspecified atom stereocenters. The van der Waals surface area contributed by atoms with Crippen molar-refractivity contribution >= 4 is 27.1 Å². The average Bonchev–Trinajstić information content (AvgIpc) is 3.03. The Kier molecular flexibility index (Phi) is 8.35. The lowest BCUT2D eigenvalue weighted by Gasteiger charge is -2.46. The molecule has 0 bridgehead atoms. The molecule has 3 N–H and O–H groups in total. The molecule has 1 saturated heterocycles. The van der Waals surface area contributed by atoms with Crippen molar-refractivity contribution in [1.29, 1.82) is 0 Å². The summed E-state index contributed by atoms with van der Waals surface area (Å²) < 4.78 is 18.5. The van der Waals surface area contributed by atoms with Crippen molar-refractivity contribution in [2.24, 2.45) is 17.1 Å². The summed E-state index contributed by atoms with van der Waals surface area (Å²) in [6, 6.07) is 8.40. The SMILES string of the molecule is CC(C1(C(=O)OCc2ccccc2)C=CC(B2OC(C)(C)C(C)(C)O2)=CC1C[C@H](N)C(=O)O)[Si](C)(C)C. The van der Waals surface area contributed by atoms with E-state index in [-0.39, 0.29) is 24.5 Å². The molecule has 0 radical (unpaired) electrons. The smallest absolute Gasteiger partial charge is 0.480 e. The molecule has 7 nitrogen and oxygen atoms in total. The highest BCUT2D eigenvalue weighted by atomic mass is 28.3. The third-order valence-corrected chi connectivity index (χ3v) is 11.6. The fraction of sp³-hybridized carbons (Fsp3) is 0.571. The van der Waals surface area contributed by atoms with Crippen LogP contribution < -0.4 is 5.73 Å². The Hall–Kier alpha value is -2.20. The highest BCUT2D eigenvalue weighted by Gasteiger charge is 2.57. The van der Waals surface area contributed by atoms with E-state index in [9.17, 15) is 14.7 Å². The second kappa shape index (κ2) is 10.5. The molecule has 202 valence electrons. The summed E-state index contributed by atoms with van der Waals surface area (Å²) >= 11 is 0. The minimum Gasteiger partial charge on any atom is -0.480 e. The number of nitrogens with two attached hydrogens (primary N) is 1. The van der Waals surface area contributed by atoms with E-state index in [1.165, 1.54) is 0 Å². The van der Waals surface area contributed by atoms with Crippen LogP contribution in [-0.4, -0.2) is 49.5 Å². The highest BCUT2D eigenvalue weighted by molar-refractivity contribution is 6.78. The van der Waals surface area contributed by atoms with Gasteiger partial charge in [-0.05, 0) is 56.6 Å². The monoisotopic (exact) mass is 527 g/mol. The Labute approximate surface area is 222 Å². The van der Waals surface area contributed by atoms with E-state index in [1.807, 2.05) is 76.3 Å². The van der Waals surface area contributed by atoms with Crippen LogP contribution in [0.25, 0.3) is 0 Å². The van der Waals surface area contributed by atoms with Gasteiger partial charge >= 0.3 is 19.1 Å². The Morgan fingerprint density at radius 2 is 1.68 bits per heavy atom. The van der Waals surface area contributed by atoms with Crippen molar-refractivity contribution in [3.63, 3.8) is 0 Å². The van der Waals surface area contributed by atoms with E-state index in [0.29, 0.717) is 0 Å². The van der Waals surface area contributed by atoms with Crippen molar-refractivity contribution in [1.82, 2.24) is 0 Å². The number of hydrogen-bond acceptors (Lipinski definition) is 6. The molecule has 1 aromatic rings. The van der Waals surface area contributed by atoms with Gasteiger partial charge in [0.1, 0.15) is 12.6 Å². The maximum Gasteiger partial charge on any atom is 0.494 e. The lowest BCUT2D eigenvalue weighted by molar-refractivity contribution is -0.157. The second-order valence-corrected chi connectivity index (χ2v) is 18.1. The number of carbonyl (C=O) groups is 2. The van der Waals surface area contributed by atoms with E-state index in [0.717, 1.165) is 11.0 Å². The quantitative estimate of drug-likeness (QED) is 0.344. The van der Waals surface area contributed by atoms with Crippen LogP contribution in [0.3, 0.4) is 0 Å². The normalized spacial score (nSPS) is 26.4. The maximum absolute atomic E-state index is 14.0. The molecule has 0 saturated carbocycles. The second-order valence-electron chi connectivity index (χ2n) is 12.5. The Morgan fingerprint density at radius 3 is 2.19 bits per heavy atom. The Bertz CT molecular complexity index is 1050. The predicted octanol–water partition coefficient (Wildman–Crippen LogP) is 4.99. The molecular formula is C28H42BNO6Si. The van der Waals surface area contributed by atoms with Crippen molar-refractivity contribution in [2.45, 2.75) is 90.1 Å². The summed E-state index contributed by atoms with van der Waals surface area (Å²) in [7, 11) is -2.58. The number of esters is 1. The van der Waals surface area contributed by atoms with Crippen molar-refractivity contribution < 1.29 is 28.7 Å². The van der Waals surface area contributed by atoms with Gasteiger partial charge in [-0.1, -0.05) is 75.1 Å². The number of ether oxygens (including phenoxy) is 1. The van der Waals surface area contributed by atoms with Crippen molar-refractivity contribution in [2.75, 3.05) is 0 Å². The summed E-state index contributed by atoms with van der Waals surface area (Å²) in [6.45, 7) is 16.8. The first kappa shape index (κ1) is 29.4. The van der Waals surface area contributed by atoms with Crippen molar-refractivity contribution in [3.05, 3.63) is 59.6 Å². The molecule has 2 aliphatic rings. The van der Waals surface area contributed by atoms with Crippen LogP contribution in [0.4, 0.5) is 0 Å². The van der Waals surface area contributed by atoms with Gasteiger partial charge in [-0.25, -0.2) is 0 Å². The molecule has 4 atom stereocenters. The molecule has 3 rings (SSSR count). The molecule has 9 heteroatoms. The molecule has 1 fully saturated rings. The number of aliphatic carboxylic acids is 1. The molecular weight excluding hydrogens is 485 g/mol. The zero-order valence-electron chi connectivity index (χ0n) is 23.4. The fourth-order valence-corrected chi connectivity index (χ4v) is 6.84. The van der Waals surface area contributed by atoms with Gasteiger partial charge in [0.2, 0.25) is 0 Å². The van der Waals surface area contributed by atoms with E-state index in [4.69, 9.17) is 19.8 Å². The van der Waals surface area contributed by atoms with Gasteiger partial charge in [0.05, 0.1) is 16.6 Å². The number of carboxylic acids is 1. The minimum atomic E-state index is -1.94. The van der Waals surface area contributed by atoms with Gasteiger partial charge in [0.25, 0.3) is 0 Å². The fourth-order valence-electron chi connectivity index (χ4n) is 4.98. The van der Waals surface area contributed by atoms with Crippen LogP contribution in [0.1, 0.15) is 46.6 Å². The molecule has 1 aromatic carbocycles. The minimum absolute atomic E-state index is 0.0679. The highest BCUT2D eigenvalue weighted by Crippen LogP contribution is 2.53. The van der Waals surface area contributed by atoms with Gasteiger partial charge in [-0.3, -0.25) is 9.59 Å². The van der Waals surface area contributed by atoms with E-state index < -0.39 is 49.7 Å². The third kappa shape index (κ3) is 5.95. The molecule has 0 aromatic heterocycles. The average molecular weight is 528 g/mol. The molecule has 1 aliphatic carbocycles. The summed E-state index contributed by atoms with van der Waals surface area (Å²) in [4.78, 5) is 25.9. The summed E-state index contributed by atoms with van der Waals surface area (Å²) in [5.74, 6) is -1.98. The molecule has 1 aliphatic heterocycles. The van der Waals surface area contributed by atoms with Crippen LogP contribution in [0.5, 0.6) is 0 Å². The topological polar surface area (TPSA) is 108 Å². The van der Waals surface area contributed by atoms with E-state index in [2.05, 4.69) is 26.6 Å². The lowest BCUT2D eigenvalue weighted by Crippen LogP contribution is -2.51. The summed E-state index contributed by atoms with van der Waals surface area (Å²) in [5.41, 5.74) is 5.51. The van der Waals surface area contributed by atoms with Crippen LogP contribution in [0.2, 0.25) is 25.2 Å². The van der Waals surface area contributed by atoms with Gasteiger partial charge in [-0.2, -0.15) is 0 Å². The Morgan fingerprint density at radius 1 is 1.11 bits per heavy atom. The number of carbonyl (C=O) groups excluding carboxylic acids is 1. The zero-order valence-corrected chi connectivity index (χ0v) is 24.4. The standard InChI is InChI=1S/C28H42BNO6Si/c1-19(37(6,7)8)28(25(33)34-18-20-12-10-9-11-13-20)15-14-22(16-21(28)17-23(30)24(31)32)29-35-26(2,3)27(4,5)36-29/h9-16,19,21,23H,17-18,30H2,1-8H3,(H,31,32)/t19?,21?,23-,28?/m0/s1.